The molecule has 6 nitrogen and oxygen atoms in total. The molecule has 0 saturated carbocycles. The average Bonchev–Trinajstić information content (AvgIpc) is 3.19. The monoisotopic (exact) mass is 405 g/mol. The van der Waals surface area contributed by atoms with Gasteiger partial charge >= 0.3 is 0 Å². The fourth-order valence-corrected chi connectivity index (χ4v) is 4.37. The van der Waals surface area contributed by atoms with E-state index in [1.165, 1.54) is 16.7 Å². The van der Waals surface area contributed by atoms with Crippen LogP contribution in [0.25, 0.3) is 21.8 Å². The molecule has 3 heterocycles. The summed E-state index contributed by atoms with van der Waals surface area (Å²) < 4.78 is 15.6. The molecule has 0 bridgehead atoms. The van der Waals surface area contributed by atoms with Crippen LogP contribution in [0.2, 0.25) is 0 Å². The van der Waals surface area contributed by atoms with Gasteiger partial charge in [-0.1, -0.05) is 6.07 Å². The van der Waals surface area contributed by atoms with Crippen molar-refractivity contribution in [2.45, 2.75) is 32.4 Å². The Hall–Kier alpha value is -3.61. The summed E-state index contributed by atoms with van der Waals surface area (Å²) in [7, 11) is 0. The van der Waals surface area contributed by atoms with Crippen LogP contribution in [-0.4, -0.2) is 20.6 Å². The number of amides is 1. The number of pyridine rings is 1. The van der Waals surface area contributed by atoms with Crippen molar-refractivity contribution in [1.82, 2.24) is 14.9 Å². The van der Waals surface area contributed by atoms with Crippen LogP contribution in [0.1, 0.15) is 40.9 Å². The molecule has 0 spiro atoms. The summed E-state index contributed by atoms with van der Waals surface area (Å²) in [5.74, 6) is -1.65. The SMILES string of the molecule is CC1CCc2cc(F)cc3c(O)c(C(=O)NCc4ccc5[nH]ccc5c4)c(=O)n1c23. The molecule has 1 atom stereocenters. The van der Waals surface area contributed by atoms with Crippen LogP contribution < -0.4 is 10.9 Å². The molecular formula is C23H20FN3O3. The smallest absolute Gasteiger partial charge is 0.267 e. The van der Waals surface area contributed by atoms with Gasteiger partial charge in [-0.15, -0.1) is 0 Å². The fourth-order valence-electron chi connectivity index (χ4n) is 4.37. The Labute approximate surface area is 171 Å². The maximum absolute atomic E-state index is 14.1. The number of nitrogens with one attached hydrogen (secondary N) is 2. The molecule has 1 aliphatic rings. The molecule has 152 valence electrons. The second kappa shape index (κ2) is 6.73. The van der Waals surface area contributed by atoms with Gasteiger partial charge in [0, 0.05) is 29.7 Å². The van der Waals surface area contributed by atoms with Gasteiger partial charge in [0.1, 0.15) is 17.1 Å². The third-order valence-electron chi connectivity index (χ3n) is 5.89. The number of carbonyl (C=O) groups is 1. The zero-order valence-electron chi connectivity index (χ0n) is 16.3. The van der Waals surface area contributed by atoms with E-state index in [-0.39, 0.29) is 23.5 Å². The summed E-state index contributed by atoms with van der Waals surface area (Å²) in [6.45, 7) is 2.08. The van der Waals surface area contributed by atoms with Crippen LogP contribution in [-0.2, 0) is 13.0 Å². The highest BCUT2D eigenvalue weighted by molar-refractivity contribution is 6.03. The van der Waals surface area contributed by atoms with E-state index in [1.54, 1.807) is 0 Å². The highest BCUT2D eigenvalue weighted by Crippen LogP contribution is 2.35. The first-order valence-corrected chi connectivity index (χ1v) is 9.88. The maximum Gasteiger partial charge on any atom is 0.267 e. The number of aromatic amines is 1. The van der Waals surface area contributed by atoms with Crippen molar-refractivity contribution < 1.29 is 14.3 Å². The lowest BCUT2D eigenvalue weighted by molar-refractivity contribution is 0.0946. The van der Waals surface area contributed by atoms with Gasteiger partial charge in [0.2, 0.25) is 0 Å². The molecule has 0 fully saturated rings. The van der Waals surface area contributed by atoms with E-state index < -0.39 is 23.0 Å². The predicted octanol–water partition coefficient (Wildman–Crippen LogP) is 3.76. The molecule has 1 aliphatic heterocycles. The lowest BCUT2D eigenvalue weighted by Gasteiger charge is -2.26. The number of hydrogen-bond acceptors (Lipinski definition) is 3. The molecule has 3 N–H and O–H groups in total. The lowest BCUT2D eigenvalue weighted by Crippen LogP contribution is -2.36. The van der Waals surface area contributed by atoms with Gasteiger partial charge in [0.25, 0.3) is 11.5 Å². The van der Waals surface area contributed by atoms with Crippen LogP contribution in [0, 0.1) is 5.82 Å². The quantitative estimate of drug-likeness (QED) is 0.485. The van der Waals surface area contributed by atoms with Gasteiger partial charge in [-0.3, -0.25) is 9.59 Å². The molecule has 0 aliphatic carbocycles. The van der Waals surface area contributed by atoms with E-state index in [9.17, 15) is 19.1 Å². The standard InChI is InChI=1S/C23H20FN3O3/c1-12-2-4-15-9-16(24)10-17-20(15)27(12)23(30)19(21(17)28)22(29)26-11-13-3-5-18-14(8-13)6-7-25-18/h3,5-10,12,25,28H,2,4,11H2,1H3,(H,26,29). The third-order valence-corrected chi connectivity index (χ3v) is 5.89. The number of nitrogens with zero attached hydrogens (tertiary/aromatic N) is 1. The largest absolute Gasteiger partial charge is 0.506 e. The van der Waals surface area contributed by atoms with E-state index in [1.807, 2.05) is 37.4 Å². The third kappa shape index (κ3) is 2.77. The van der Waals surface area contributed by atoms with Gasteiger partial charge in [0.15, 0.2) is 0 Å². The molecule has 2 aromatic heterocycles. The second-order valence-corrected chi connectivity index (χ2v) is 7.83. The van der Waals surface area contributed by atoms with Crippen LogP contribution in [0.5, 0.6) is 5.75 Å². The number of fused-ring (bicyclic) bond motifs is 1. The lowest BCUT2D eigenvalue weighted by atomic mass is 9.95. The number of carbonyl (C=O) groups excluding carboxylic acids is 1. The van der Waals surface area contributed by atoms with Crippen molar-refractivity contribution in [3.63, 3.8) is 0 Å². The maximum atomic E-state index is 14.1. The molecule has 1 amide bonds. The summed E-state index contributed by atoms with van der Waals surface area (Å²) in [5.41, 5.74) is 2.11. The second-order valence-electron chi connectivity index (χ2n) is 7.83. The molecule has 4 aromatic rings. The minimum atomic E-state index is -0.680. The zero-order chi connectivity index (χ0) is 21.0. The molecule has 1 unspecified atom stereocenters. The van der Waals surface area contributed by atoms with Gasteiger partial charge < -0.3 is 20.0 Å². The zero-order valence-corrected chi connectivity index (χ0v) is 16.3. The molecule has 30 heavy (non-hydrogen) atoms. The number of aromatic nitrogens is 2. The predicted molar refractivity (Wildman–Crippen MR) is 112 cm³/mol. The van der Waals surface area contributed by atoms with E-state index in [2.05, 4.69) is 10.3 Å². The summed E-state index contributed by atoms with van der Waals surface area (Å²) >= 11 is 0. The fraction of sp³-hybridized carbons (Fsp3) is 0.217. The Morgan fingerprint density at radius 2 is 2.13 bits per heavy atom. The van der Waals surface area contributed by atoms with Gasteiger partial charge in [-0.25, -0.2) is 4.39 Å². The van der Waals surface area contributed by atoms with Crippen LogP contribution in [0.15, 0.2) is 47.4 Å². The Bertz CT molecular complexity index is 1390. The summed E-state index contributed by atoms with van der Waals surface area (Å²) in [6.07, 6.45) is 3.11. The van der Waals surface area contributed by atoms with E-state index in [0.29, 0.717) is 23.9 Å². The molecular weight excluding hydrogens is 385 g/mol. The van der Waals surface area contributed by atoms with Crippen molar-refractivity contribution in [1.29, 1.82) is 0 Å². The van der Waals surface area contributed by atoms with Crippen molar-refractivity contribution in [2.75, 3.05) is 0 Å². The highest BCUT2D eigenvalue weighted by atomic mass is 19.1. The number of rotatable bonds is 3. The summed E-state index contributed by atoms with van der Waals surface area (Å²) in [5, 5.41) is 14.7. The molecule has 0 radical (unpaired) electrons. The Morgan fingerprint density at radius 1 is 1.30 bits per heavy atom. The Kier molecular flexibility index (Phi) is 4.13. The number of benzene rings is 2. The Morgan fingerprint density at radius 3 is 2.97 bits per heavy atom. The van der Waals surface area contributed by atoms with Crippen LogP contribution in [0.3, 0.4) is 0 Å². The minimum Gasteiger partial charge on any atom is -0.506 e. The number of H-pyrrole nitrogens is 1. The van der Waals surface area contributed by atoms with Gasteiger partial charge in [-0.2, -0.15) is 0 Å². The molecule has 7 heteroatoms. The van der Waals surface area contributed by atoms with Crippen molar-refractivity contribution in [3.05, 3.63) is 75.5 Å². The minimum absolute atomic E-state index is 0.152. The van der Waals surface area contributed by atoms with Crippen LogP contribution in [0.4, 0.5) is 4.39 Å². The average molecular weight is 405 g/mol. The van der Waals surface area contributed by atoms with Crippen molar-refractivity contribution >= 4 is 27.7 Å². The highest BCUT2D eigenvalue weighted by Gasteiger charge is 2.28. The van der Waals surface area contributed by atoms with E-state index in [0.717, 1.165) is 16.5 Å². The Balaban J connectivity index is 1.56. The van der Waals surface area contributed by atoms with E-state index >= 15 is 0 Å². The first-order chi connectivity index (χ1) is 14.4. The number of hydrogen-bond donors (Lipinski definition) is 3. The normalized spacial score (nSPS) is 15.6. The number of aryl methyl sites for hydroxylation is 1. The molecule has 2 aromatic carbocycles. The van der Waals surface area contributed by atoms with Crippen molar-refractivity contribution in [3.8, 4) is 5.75 Å². The number of aromatic hydroxyl groups is 1. The van der Waals surface area contributed by atoms with Crippen molar-refractivity contribution in [2.24, 2.45) is 0 Å². The number of halogens is 1. The topological polar surface area (TPSA) is 87.1 Å². The van der Waals surface area contributed by atoms with Crippen LogP contribution >= 0.6 is 0 Å². The van der Waals surface area contributed by atoms with E-state index in [4.69, 9.17) is 0 Å². The molecule has 5 rings (SSSR count). The van der Waals surface area contributed by atoms with Gasteiger partial charge in [-0.05, 0) is 66.6 Å². The summed E-state index contributed by atoms with van der Waals surface area (Å²) in [4.78, 5) is 29.2. The first-order valence-electron chi connectivity index (χ1n) is 9.88. The molecule has 0 saturated heterocycles. The summed E-state index contributed by atoms with van der Waals surface area (Å²) in [6, 6.07) is 10.1. The first kappa shape index (κ1) is 18.4. The van der Waals surface area contributed by atoms with Gasteiger partial charge in [0.05, 0.1) is 5.52 Å².